The predicted octanol–water partition coefficient (Wildman–Crippen LogP) is 3.87. The first-order chi connectivity index (χ1) is 19.1. The largest absolute Gasteiger partial charge is 0.487 e. The maximum absolute atomic E-state index is 13.6. The lowest BCUT2D eigenvalue weighted by molar-refractivity contribution is 0.0371. The molecular weight excluding hydrogens is 532 g/mol. The topological polar surface area (TPSA) is 128 Å². The molecule has 3 aromatic carbocycles. The number of sulfonamides is 1. The van der Waals surface area contributed by atoms with Crippen LogP contribution >= 0.6 is 0 Å². The molecule has 3 amide bonds. The number of nitrogens with zero attached hydrogens (tertiary/aromatic N) is 2. The van der Waals surface area contributed by atoms with E-state index in [0.29, 0.717) is 5.69 Å². The molecular formula is C29H34N4O6S. The molecule has 212 valence electrons. The Bertz CT molecular complexity index is 1440. The van der Waals surface area contributed by atoms with Crippen LogP contribution in [0.25, 0.3) is 0 Å². The number of urea groups is 1. The van der Waals surface area contributed by atoms with E-state index < -0.39 is 28.1 Å². The number of ether oxygens (including phenoxy) is 1. The molecule has 3 atom stereocenters. The number of hydrogen-bond donors (Lipinski definition) is 3. The monoisotopic (exact) mass is 566 g/mol. The number of aliphatic hydroxyl groups is 1. The first-order valence-corrected chi connectivity index (χ1v) is 14.4. The van der Waals surface area contributed by atoms with Crippen molar-refractivity contribution in [2.24, 2.45) is 5.92 Å². The van der Waals surface area contributed by atoms with Crippen molar-refractivity contribution in [1.82, 2.24) is 9.80 Å². The minimum Gasteiger partial charge on any atom is -0.487 e. The van der Waals surface area contributed by atoms with Gasteiger partial charge in [-0.05, 0) is 49.4 Å². The Morgan fingerprint density at radius 3 is 2.38 bits per heavy atom. The number of fused-ring (bicyclic) bond motifs is 1. The van der Waals surface area contributed by atoms with Gasteiger partial charge in [-0.15, -0.1) is 0 Å². The predicted molar refractivity (Wildman–Crippen MR) is 153 cm³/mol. The number of para-hydroxylation sites is 1. The first-order valence-electron chi connectivity index (χ1n) is 13.0. The molecule has 0 bridgehead atoms. The van der Waals surface area contributed by atoms with Crippen LogP contribution in [-0.2, 0) is 10.0 Å². The van der Waals surface area contributed by atoms with Gasteiger partial charge in [-0.25, -0.2) is 13.2 Å². The Morgan fingerprint density at radius 1 is 1.07 bits per heavy atom. The summed E-state index contributed by atoms with van der Waals surface area (Å²) < 4.78 is 34.6. The zero-order chi connectivity index (χ0) is 28.9. The molecule has 40 heavy (non-hydrogen) atoms. The summed E-state index contributed by atoms with van der Waals surface area (Å²) in [5.41, 5.74) is 1.01. The Labute approximate surface area is 234 Å². The summed E-state index contributed by atoms with van der Waals surface area (Å²) >= 11 is 0. The lowest BCUT2D eigenvalue weighted by atomic mass is 9.99. The van der Waals surface area contributed by atoms with E-state index in [-0.39, 0.29) is 53.5 Å². The Hall–Kier alpha value is -4.09. The number of anilines is 2. The summed E-state index contributed by atoms with van der Waals surface area (Å²) in [6, 6.07) is 20.7. The van der Waals surface area contributed by atoms with Crippen LogP contribution in [0.3, 0.4) is 0 Å². The molecule has 3 aromatic rings. The second kappa shape index (κ2) is 12.4. The molecule has 0 radical (unpaired) electrons. The van der Waals surface area contributed by atoms with Gasteiger partial charge < -0.3 is 25.0 Å². The lowest BCUT2D eigenvalue weighted by Gasteiger charge is -2.38. The molecule has 1 aliphatic heterocycles. The number of benzene rings is 3. The fourth-order valence-corrected chi connectivity index (χ4v) is 5.48. The summed E-state index contributed by atoms with van der Waals surface area (Å²) in [6.07, 6.45) is -0.501. The molecule has 0 spiro atoms. The molecule has 0 unspecified atom stereocenters. The van der Waals surface area contributed by atoms with Crippen LogP contribution in [-0.4, -0.2) is 74.2 Å². The highest BCUT2D eigenvalue weighted by Gasteiger charge is 2.34. The van der Waals surface area contributed by atoms with Crippen LogP contribution in [0.2, 0.25) is 0 Å². The van der Waals surface area contributed by atoms with Gasteiger partial charge in [0.2, 0.25) is 0 Å². The summed E-state index contributed by atoms with van der Waals surface area (Å²) in [7, 11) is -2.22. The molecule has 1 heterocycles. The third kappa shape index (κ3) is 6.72. The smallest absolute Gasteiger partial charge is 0.321 e. The van der Waals surface area contributed by atoms with Crippen LogP contribution in [0.15, 0.2) is 83.8 Å². The van der Waals surface area contributed by atoms with Crippen molar-refractivity contribution in [2.75, 3.05) is 36.8 Å². The zero-order valence-electron chi connectivity index (χ0n) is 22.7. The number of likely N-dealkylation sites (N-methyl/N-ethyl adjacent to an activating group) is 1. The molecule has 3 N–H and O–H groups in total. The fourth-order valence-electron chi connectivity index (χ4n) is 4.41. The van der Waals surface area contributed by atoms with Crippen molar-refractivity contribution in [3.63, 3.8) is 0 Å². The van der Waals surface area contributed by atoms with E-state index in [1.54, 1.807) is 55.3 Å². The van der Waals surface area contributed by atoms with Crippen molar-refractivity contribution in [3.8, 4) is 5.75 Å². The number of aliphatic hydroxyl groups excluding tert-OH is 1. The summed E-state index contributed by atoms with van der Waals surface area (Å²) in [5, 5.41) is 12.7. The molecule has 0 fully saturated rings. The third-order valence-corrected chi connectivity index (χ3v) is 8.19. The van der Waals surface area contributed by atoms with Gasteiger partial charge in [0.15, 0.2) is 0 Å². The van der Waals surface area contributed by atoms with E-state index >= 15 is 0 Å². The number of amides is 3. The minimum atomic E-state index is -3.89. The van der Waals surface area contributed by atoms with Gasteiger partial charge in [-0.3, -0.25) is 9.52 Å². The molecule has 4 rings (SSSR count). The van der Waals surface area contributed by atoms with Crippen LogP contribution in [0.1, 0.15) is 24.2 Å². The number of hydrogen-bond acceptors (Lipinski definition) is 6. The van der Waals surface area contributed by atoms with Gasteiger partial charge in [0.1, 0.15) is 11.9 Å². The van der Waals surface area contributed by atoms with Gasteiger partial charge in [0, 0.05) is 30.9 Å². The van der Waals surface area contributed by atoms with E-state index in [4.69, 9.17) is 4.74 Å². The molecule has 10 nitrogen and oxygen atoms in total. The van der Waals surface area contributed by atoms with Gasteiger partial charge >= 0.3 is 6.03 Å². The second-order valence-electron chi connectivity index (χ2n) is 9.93. The fraction of sp³-hybridized carbons (Fsp3) is 0.310. The van der Waals surface area contributed by atoms with Gasteiger partial charge in [-0.1, -0.05) is 43.3 Å². The van der Waals surface area contributed by atoms with Gasteiger partial charge in [-0.2, -0.15) is 0 Å². The number of carbonyl (C=O) groups is 2. The maximum atomic E-state index is 13.6. The highest BCUT2D eigenvalue weighted by atomic mass is 32.2. The van der Waals surface area contributed by atoms with Crippen molar-refractivity contribution < 1.29 is 27.9 Å². The molecule has 0 aliphatic carbocycles. The second-order valence-corrected chi connectivity index (χ2v) is 11.6. The first kappa shape index (κ1) is 28.9. The number of carbonyl (C=O) groups excluding carboxylic acids is 2. The van der Waals surface area contributed by atoms with E-state index in [9.17, 15) is 23.1 Å². The van der Waals surface area contributed by atoms with E-state index in [1.165, 1.54) is 29.2 Å². The molecule has 0 saturated heterocycles. The van der Waals surface area contributed by atoms with Crippen LogP contribution < -0.4 is 14.8 Å². The summed E-state index contributed by atoms with van der Waals surface area (Å²) in [4.78, 5) is 29.7. The molecule has 11 heteroatoms. The average molecular weight is 567 g/mol. The van der Waals surface area contributed by atoms with Crippen molar-refractivity contribution in [1.29, 1.82) is 0 Å². The van der Waals surface area contributed by atoms with Crippen molar-refractivity contribution >= 4 is 33.3 Å². The molecule has 1 aliphatic rings. The minimum absolute atomic E-state index is 0.0885. The summed E-state index contributed by atoms with van der Waals surface area (Å²) in [6.45, 7) is 3.89. The molecule has 0 aromatic heterocycles. The van der Waals surface area contributed by atoms with Gasteiger partial charge in [0.05, 0.1) is 29.7 Å². The Balaban J connectivity index is 1.62. The lowest BCUT2D eigenvalue weighted by Crippen LogP contribution is -2.50. The van der Waals surface area contributed by atoms with Gasteiger partial charge in [0.25, 0.3) is 15.9 Å². The Kier molecular flexibility index (Phi) is 8.96. The zero-order valence-corrected chi connectivity index (χ0v) is 23.5. The van der Waals surface area contributed by atoms with Crippen molar-refractivity contribution in [3.05, 3.63) is 84.4 Å². The third-order valence-electron chi connectivity index (χ3n) is 6.80. The Morgan fingerprint density at radius 2 is 1.73 bits per heavy atom. The van der Waals surface area contributed by atoms with Crippen LogP contribution in [0.4, 0.5) is 16.2 Å². The van der Waals surface area contributed by atoms with Crippen LogP contribution in [0.5, 0.6) is 5.75 Å². The number of rotatable bonds is 8. The molecule has 0 saturated carbocycles. The highest BCUT2D eigenvalue weighted by Crippen LogP contribution is 2.31. The van der Waals surface area contributed by atoms with E-state index in [2.05, 4.69) is 10.0 Å². The standard InChI is InChI=1S/C29H34N4O6S/c1-20-17-33(21(2)19-34)28(35)25-16-23(31-40(37,38)24-12-8-5-9-13-24)14-15-26(25)39-27(20)18-32(3)29(36)30-22-10-6-4-7-11-22/h4-16,20-21,27,31,34H,17-19H2,1-3H3,(H,30,36)/t20-,21+,27-/m0/s1. The van der Waals surface area contributed by atoms with Crippen molar-refractivity contribution in [2.45, 2.75) is 30.9 Å². The van der Waals surface area contributed by atoms with E-state index in [1.807, 2.05) is 25.1 Å². The number of nitrogens with one attached hydrogen (secondary N) is 2. The quantitative estimate of drug-likeness (QED) is 0.380. The van der Waals surface area contributed by atoms with E-state index in [0.717, 1.165) is 0 Å². The maximum Gasteiger partial charge on any atom is 0.321 e. The SMILES string of the molecule is C[C@H](CO)N1C[C@H](C)[C@H](CN(C)C(=O)Nc2ccccc2)Oc2ccc(NS(=O)(=O)c3ccccc3)cc2C1=O. The average Bonchev–Trinajstić information content (AvgIpc) is 2.95. The normalized spacial score (nSPS) is 18.0. The summed E-state index contributed by atoms with van der Waals surface area (Å²) in [5.74, 6) is -0.330. The van der Waals surface area contributed by atoms with Crippen LogP contribution in [0, 0.1) is 5.92 Å². The highest BCUT2D eigenvalue weighted by molar-refractivity contribution is 7.92.